The number of hydrogen-bond donors (Lipinski definition) is 1. The summed E-state index contributed by atoms with van der Waals surface area (Å²) in [5, 5.41) is 3.01. The molecule has 124 valence electrons. The van der Waals surface area contributed by atoms with Crippen molar-refractivity contribution in [1.82, 2.24) is 10.3 Å². The zero-order chi connectivity index (χ0) is 17.5. The molecule has 2 aromatic carbocycles. The van der Waals surface area contributed by atoms with Gasteiger partial charge in [0, 0.05) is 18.5 Å². The van der Waals surface area contributed by atoms with Crippen molar-refractivity contribution in [3.05, 3.63) is 96.3 Å². The molecule has 1 unspecified atom stereocenters. The van der Waals surface area contributed by atoms with E-state index in [1.165, 1.54) is 0 Å². The maximum Gasteiger partial charge on any atom is 0.244 e. The molecule has 1 amide bonds. The number of aromatic nitrogens is 1. The Morgan fingerprint density at radius 3 is 2.48 bits per heavy atom. The molecule has 3 nitrogen and oxygen atoms in total. The van der Waals surface area contributed by atoms with Crippen molar-refractivity contribution >= 4 is 12.0 Å². The minimum atomic E-state index is -0.106. The van der Waals surface area contributed by atoms with Crippen molar-refractivity contribution < 1.29 is 4.79 Å². The molecular weight excluding hydrogens is 308 g/mol. The Labute approximate surface area is 148 Å². The summed E-state index contributed by atoms with van der Waals surface area (Å²) >= 11 is 0. The van der Waals surface area contributed by atoms with Crippen molar-refractivity contribution in [3.63, 3.8) is 0 Å². The Bertz CT molecular complexity index is 857. The van der Waals surface area contributed by atoms with Crippen LogP contribution in [0.3, 0.4) is 0 Å². The van der Waals surface area contributed by atoms with Crippen LogP contribution in [0, 0.1) is 0 Å². The van der Waals surface area contributed by atoms with Gasteiger partial charge in [-0.05, 0) is 53.5 Å². The number of carbonyl (C=O) groups is 1. The monoisotopic (exact) mass is 328 g/mol. The number of nitrogens with one attached hydrogen (secondary N) is 1. The number of rotatable bonds is 5. The Hall–Kier alpha value is -3.20. The van der Waals surface area contributed by atoms with Gasteiger partial charge in [-0.15, -0.1) is 0 Å². The molecule has 0 spiro atoms. The predicted molar refractivity (Wildman–Crippen MR) is 102 cm³/mol. The molecule has 0 aliphatic rings. The molecule has 0 fully saturated rings. The quantitative estimate of drug-likeness (QED) is 0.693. The standard InChI is InChI=1S/C22H20N2O/c1-17(24-22(25)11-10-18-6-3-2-4-7-18)20-8-5-9-21(16-20)19-12-14-23-15-13-19/h2-17H,1H3,(H,24,25)/b11-10+. The van der Waals surface area contributed by atoms with Crippen LogP contribution >= 0.6 is 0 Å². The largest absolute Gasteiger partial charge is 0.346 e. The lowest BCUT2D eigenvalue weighted by Gasteiger charge is -2.14. The number of carbonyl (C=O) groups excluding carboxylic acids is 1. The molecule has 3 aromatic rings. The Morgan fingerprint density at radius 1 is 0.960 bits per heavy atom. The summed E-state index contributed by atoms with van der Waals surface area (Å²) in [6, 6.07) is 21.8. The van der Waals surface area contributed by atoms with Crippen LogP contribution in [0.15, 0.2) is 85.2 Å². The number of amides is 1. The van der Waals surface area contributed by atoms with Gasteiger partial charge in [-0.3, -0.25) is 9.78 Å². The Morgan fingerprint density at radius 2 is 1.72 bits per heavy atom. The fourth-order valence-electron chi connectivity index (χ4n) is 2.61. The van der Waals surface area contributed by atoms with E-state index in [1.807, 2.05) is 67.6 Å². The van der Waals surface area contributed by atoms with Crippen LogP contribution in [-0.4, -0.2) is 10.9 Å². The minimum absolute atomic E-state index is 0.0743. The zero-order valence-electron chi connectivity index (χ0n) is 14.1. The van der Waals surface area contributed by atoms with Gasteiger partial charge in [0.2, 0.25) is 5.91 Å². The highest BCUT2D eigenvalue weighted by molar-refractivity contribution is 5.92. The highest BCUT2D eigenvalue weighted by Gasteiger charge is 2.08. The van der Waals surface area contributed by atoms with Crippen LogP contribution in [0.25, 0.3) is 17.2 Å². The summed E-state index contributed by atoms with van der Waals surface area (Å²) in [4.78, 5) is 16.2. The topological polar surface area (TPSA) is 42.0 Å². The number of benzene rings is 2. The van der Waals surface area contributed by atoms with E-state index in [9.17, 15) is 4.79 Å². The average Bonchev–Trinajstić information content (AvgIpc) is 2.68. The molecular formula is C22H20N2O. The normalized spacial score (nSPS) is 12.0. The van der Waals surface area contributed by atoms with E-state index in [0.29, 0.717) is 0 Å². The molecule has 3 heteroatoms. The van der Waals surface area contributed by atoms with E-state index in [-0.39, 0.29) is 11.9 Å². The fraction of sp³-hybridized carbons (Fsp3) is 0.0909. The third-order valence-electron chi connectivity index (χ3n) is 3.99. The number of nitrogens with zero attached hydrogens (tertiary/aromatic N) is 1. The van der Waals surface area contributed by atoms with Gasteiger partial charge < -0.3 is 5.32 Å². The SMILES string of the molecule is CC(NC(=O)/C=C/c1ccccc1)c1cccc(-c2ccncc2)c1. The molecule has 1 N–H and O–H groups in total. The van der Waals surface area contributed by atoms with Crippen molar-refractivity contribution in [2.24, 2.45) is 0 Å². The summed E-state index contributed by atoms with van der Waals surface area (Å²) in [5.74, 6) is -0.106. The second kappa shape index (κ2) is 8.06. The second-order valence-electron chi connectivity index (χ2n) is 5.84. The van der Waals surface area contributed by atoms with Gasteiger partial charge in [-0.25, -0.2) is 0 Å². The van der Waals surface area contributed by atoms with Gasteiger partial charge in [0.15, 0.2) is 0 Å². The first-order valence-corrected chi connectivity index (χ1v) is 8.26. The lowest BCUT2D eigenvalue weighted by Crippen LogP contribution is -2.24. The van der Waals surface area contributed by atoms with E-state index in [4.69, 9.17) is 0 Å². The maximum absolute atomic E-state index is 12.1. The molecule has 1 heterocycles. The van der Waals surface area contributed by atoms with Crippen molar-refractivity contribution in [1.29, 1.82) is 0 Å². The Balaban J connectivity index is 1.68. The summed E-state index contributed by atoms with van der Waals surface area (Å²) in [6.45, 7) is 1.99. The highest BCUT2D eigenvalue weighted by Crippen LogP contribution is 2.22. The molecule has 0 saturated heterocycles. The molecule has 3 rings (SSSR count). The fourth-order valence-corrected chi connectivity index (χ4v) is 2.61. The van der Waals surface area contributed by atoms with Crippen molar-refractivity contribution in [2.75, 3.05) is 0 Å². The van der Waals surface area contributed by atoms with Gasteiger partial charge in [0.1, 0.15) is 0 Å². The summed E-state index contributed by atoms with van der Waals surface area (Å²) in [7, 11) is 0. The maximum atomic E-state index is 12.1. The van der Waals surface area contributed by atoms with Gasteiger partial charge in [0.25, 0.3) is 0 Å². The first-order chi connectivity index (χ1) is 12.2. The average molecular weight is 328 g/mol. The van der Waals surface area contributed by atoms with Crippen LogP contribution in [-0.2, 0) is 4.79 Å². The second-order valence-corrected chi connectivity index (χ2v) is 5.84. The van der Waals surface area contributed by atoms with E-state index < -0.39 is 0 Å². The lowest BCUT2D eigenvalue weighted by molar-refractivity contribution is -0.117. The number of pyridine rings is 1. The zero-order valence-corrected chi connectivity index (χ0v) is 14.1. The van der Waals surface area contributed by atoms with Gasteiger partial charge >= 0.3 is 0 Å². The van der Waals surface area contributed by atoms with Crippen LogP contribution in [0.2, 0.25) is 0 Å². The van der Waals surface area contributed by atoms with Crippen molar-refractivity contribution in [3.8, 4) is 11.1 Å². The van der Waals surface area contributed by atoms with E-state index in [1.54, 1.807) is 18.5 Å². The molecule has 0 aliphatic heterocycles. The van der Waals surface area contributed by atoms with Crippen molar-refractivity contribution in [2.45, 2.75) is 13.0 Å². The summed E-state index contributed by atoms with van der Waals surface area (Å²) in [5.41, 5.74) is 4.29. The summed E-state index contributed by atoms with van der Waals surface area (Å²) < 4.78 is 0. The first kappa shape index (κ1) is 16.7. The molecule has 0 bridgehead atoms. The highest BCUT2D eigenvalue weighted by atomic mass is 16.1. The molecule has 1 atom stereocenters. The van der Waals surface area contributed by atoms with E-state index >= 15 is 0 Å². The van der Waals surface area contributed by atoms with E-state index in [0.717, 1.165) is 22.3 Å². The minimum Gasteiger partial charge on any atom is -0.346 e. The smallest absolute Gasteiger partial charge is 0.244 e. The summed E-state index contributed by atoms with van der Waals surface area (Å²) in [6.07, 6.45) is 6.94. The van der Waals surface area contributed by atoms with Gasteiger partial charge in [0.05, 0.1) is 6.04 Å². The first-order valence-electron chi connectivity index (χ1n) is 8.26. The predicted octanol–water partition coefficient (Wildman–Crippen LogP) is 4.64. The van der Waals surface area contributed by atoms with E-state index in [2.05, 4.69) is 22.4 Å². The third-order valence-corrected chi connectivity index (χ3v) is 3.99. The van der Waals surface area contributed by atoms with Crippen LogP contribution < -0.4 is 5.32 Å². The lowest BCUT2D eigenvalue weighted by atomic mass is 10.0. The number of hydrogen-bond acceptors (Lipinski definition) is 2. The van der Waals surface area contributed by atoms with Crippen LogP contribution in [0.5, 0.6) is 0 Å². The van der Waals surface area contributed by atoms with Gasteiger partial charge in [-0.1, -0.05) is 48.5 Å². The molecule has 0 radical (unpaired) electrons. The van der Waals surface area contributed by atoms with Gasteiger partial charge in [-0.2, -0.15) is 0 Å². The Kier molecular flexibility index (Phi) is 5.37. The van der Waals surface area contributed by atoms with Crippen LogP contribution in [0.4, 0.5) is 0 Å². The molecule has 25 heavy (non-hydrogen) atoms. The third kappa shape index (κ3) is 4.64. The molecule has 1 aromatic heterocycles. The molecule has 0 saturated carbocycles. The van der Waals surface area contributed by atoms with Crippen LogP contribution in [0.1, 0.15) is 24.1 Å². The molecule has 0 aliphatic carbocycles.